The monoisotopic (exact) mass is 339 g/mol. The van der Waals surface area contributed by atoms with Crippen LogP contribution in [-0.4, -0.2) is 24.6 Å². The molecule has 0 unspecified atom stereocenters. The van der Waals surface area contributed by atoms with E-state index in [2.05, 4.69) is 20.8 Å². The maximum atomic E-state index is 12.2. The highest BCUT2D eigenvalue weighted by Gasteiger charge is 2.16. The Balaban J connectivity index is 2.15. The fourth-order valence-electron chi connectivity index (χ4n) is 2.28. The van der Waals surface area contributed by atoms with Crippen molar-refractivity contribution in [3.05, 3.63) is 38.5 Å². The molecule has 1 aliphatic rings. The van der Waals surface area contributed by atoms with Crippen LogP contribution >= 0.6 is 27.7 Å². The van der Waals surface area contributed by atoms with Gasteiger partial charge in [0.1, 0.15) is 0 Å². The number of halogens is 1. The number of rotatable bonds is 1. The third kappa shape index (κ3) is 2.54. The van der Waals surface area contributed by atoms with Gasteiger partial charge < -0.3 is 9.32 Å². The van der Waals surface area contributed by atoms with Gasteiger partial charge in [-0.15, -0.1) is 0 Å². The van der Waals surface area contributed by atoms with Crippen molar-refractivity contribution in [3.8, 4) is 0 Å². The van der Waals surface area contributed by atoms with Crippen molar-refractivity contribution in [2.24, 2.45) is 0 Å². The quantitative estimate of drug-likeness (QED) is 0.797. The molecule has 0 saturated carbocycles. The molecular weight excluding hydrogens is 326 g/mol. The zero-order chi connectivity index (χ0) is 13.4. The van der Waals surface area contributed by atoms with Gasteiger partial charge in [0.15, 0.2) is 16.9 Å². The maximum Gasteiger partial charge on any atom is 0.200 e. The molecule has 0 N–H and O–H groups in total. The summed E-state index contributed by atoms with van der Waals surface area (Å²) in [5, 5.41) is 0.641. The second-order valence-corrected chi connectivity index (χ2v) is 6.75. The number of benzene rings is 1. The van der Waals surface area contributed by atoms with Crippen LogP contribution in [0, 0.1) is 6.92 Å². The minimum absolute atomic E-state index is 0.0267. The van der Waals surface area contributed by atoms with E-state index in [9.17, 15) is 4.79 Å². The van der Waals surface area contributed by atoms with Crippen molar-refractivity contribution in [2.45, 2.75) is 6.92 Å². The Morgan fingerprint density at radius 3 is 2.74 bits per heavy atom. The van der Waals surface area contributed by atoms with Gasteiger partial charge in [0.05, 0.1) is 9.86 Å². The molecule has 3 nitrogen and oxygen atoms in total. The van der Waals surface area contributed by atoms with Crippen molar-refractivity contribution in [1.29, 1.82) is 0 Å². The molecule has 1 fully saturated rings. The summed E-state index contributed by atoms with van der Waals surface area (Å²) in [6.45, 7) is 3.84. The Morgan fingerprint density at radius 2 is 2.00 bits per heavy atom. The summed E-state index contributed by atoms with van der Waals surface area (Å²) < 4.78 is 6.78. The van der Waals surface area contributed by atoms with E-state index in [1.54, 1.807) is 6.07 Å². The molecule has 5 heteroatoms. The van der Waals surface area contributed by atoms with Gasteiger partial charge in [-0.3, -0.25) is 4.79 Å². The van der Waals surface area contributed by atoms with Gasteiger partial charge in [-0.1, -0.05) is 0 Å². The summed E-state index contributed by atoms with van der Waals surface area (Å²) >= 11 is 5.42. The maximum absolute atomic E-state index is 12.2. The normalized spacial score (nSPS) is 16.0. The Hall–Kier alpha value is -0.940. The molecule has 1 saturated heterocycles. The minimum Gasteiger partial charge on any atom is -0.439 e. The highest BCUT2D eigenvalue weighted by atomic mass is 79.9. The number of fused-ring (bicyclic) bond motifs is 1. The lowest BCUT2D eigenvalue weighted by Gasteiger charge is -2.26. The van der Waals surface area contributed by atoms with E-state index in [0.717, 1.165) is 34.6 Å². The van der Waals surface area contributed by atoms with E-state index in [1.165, 1.54) is 0 Å². The third-order valence-corrected chi connectivity index (χ3v) is 4.77. The van der Waals surface area contributed by atoms with Crippen LogP contribution in [0.2, 0.25) is 0 Å². The summed E-state index contributed by atoms with van der Waals surface area (Å²) in [7, 11) is 0. The number of nitrogens with zero attached hydrogens (tertiary/aromatic N) is 1. The predicted octanol–water partition coefficient (Wildman–Crippen LogP) is 3.42. The lowest BCUT2D eigenvalue weighted by molar-refractivity contribution is 0.576. The van der Waals surface area contributed by atoms with E-state index < -0.39 is 0 Å². The van der Waals surface area contributed by atoms with Gasteiger partial charge >= 0.3 is 0 Å². The molecule has 100 valence electrons. The highest BCUT2D eigenvalue weighted by molar-refractivity contribution is 9.10. The second kappa shape index (κ2) is 5.21. The van der Waals surface area contributed by atoms with Crippen LogP contribution in [0.4, 0.5) is 5.88 Å². The molecule has 0 radical (unpaired) electrons. The van der Waals surface area contributed by atoms with Crippen molar-refractivity contribution in [2.75, 3.05) is 29.5 Å². The number of hydrogen-bond donors (Lipinski definition) is 0. The first-order chi connectivity index (χ1) is 9.15. The van der Waals surface area contributed by atoms with Gasteiger partial charge in [0, 0.05) is 30.7 Å². The summed E-state index contributed by atoms with van der Waals surface area (Å²) in [6.07, 6.45) is 0. The first-order valence-corrected chi connectivity index (χ1v) is 8.16. The third-order valence-electron chi connectivity index (χ3n) is 3.24. The number of aryl methyl sites for hydroxylation is 1. The van der Waals surface area contributed by atoms with Gasteiger partial charge in [0.2, 0.25) is 0 Å². The van der Waals surface area contributed by atoms with Gasteiger partial charge in [-0.05, 0) is 40.5 Å². The molecule has 2 heterocycles. The standard InChI is InChI=1S/C14H14BrNO2S/c1-9-6-10-12(17)8-13(16-2-4-19-5-3-16)18-14(10)11(15)7-9/h6-8H,2-5H2,1H3. The molecule has 0 spiro atoms. The van der Waals surface area contributed by atoms with Crippen molar-refractivity contribution >= 4 is 44.5 Å². The Bertz CT molecular complexity index is 677. The van der Waals surface area contributed by atoms with Crippen LogP contribution in [0.1, 0.15) is 5.56 Å². The van der Waals surface area contributed by atoms with E-state index in [-0.39, 0.29) is 5.43 Å². The molecule has 1 aliphatic heterocycles. The average Bonchev–Trinajstić information content (AvgIpc) is 2.41. The lowest BCUT2D eigenvalue weighted by Crippen LogP contribution is -2.32. The molecule has 19 heavy (non-hydrogen) atoms. The largest absolute Gasteiger partial charge is 0.439 e. The van der Waals surface area contributed by atoms with Crippen LogP contribution in [0.25, 0.3) is 11.0 Å². The van der Waals surface area contributed by atoms with Crippen LogP contribution in [-0.2, 0) is 0 Å². The first kappa shape index (κ1) is 13.1. The smallest absolute Gasteiger partial charge is 0.200 e. The van der Waals surface area contributed by atoms with E-state index >= 15 is 0 Å². The molecule has 0 aliphatic carbocycles. The predicted molar refractivity (Wildman–Crippen MR) is 84.5 cm³/mol. The first-order valence-electron chi connectivity index (χ1n) is 6.22. The van der Waals surface area contributed by atoms with Crippen molar-refractivity contribution < 1.29 is 4.42 Å². The molecule has 1 aromatic carbocycles. The molecule has 0 amide bonds. The van der Waals surface area contributed by atoms with Gasteiger partial charge in [0.25, 0.3) is 0 Å². The number of thioether (sulfide) groups is 1. The molecule has 0 atom stereocenters. The molecule has 0 bridgehead atoms. The summed E-state index contributed by atoms with van der Waals surface area (Å²) in [5.74, 6) is 2.84. The minimum atomic E-state index is 0.0267. The van der Waals surface area contributed by atoms with Gasteiger partial charge in [-0.25, -0.2) is 0 Å². The zero-order valence-corrected chi connectivity index (χ0v) is 13.0. The number of hydrogen-bond acceptors (Lipinski definition) is 4. The fourth-order valence-corrected chi connectivity index (χ4v) is 3.84. The van der Waals surface area contributed by atoms with Gasteiger partial charge in [-0.2, -0.15) is 11.8 Å². The second-order valence-electron chi connectivity index (χ2n) is 4.67. The van der Waals surface area contributed by atoms with E-state index in [0.29, 0.717) is 16.9 Å². The summed E-state index contributed by atoms with van der Waals surface area (Å²) in [5.41, 5.74) is 1.72. The highest BCUT2D eigenvalue weighted by Crippen LogP contribution is 2.28. The fraction of sp³-hybridized carbons (Fsp3) is 0.357. The van der Waals surface area contributed by atoms with Crippen molar-refractivity contribution in [1.82, 2.24) is 0 Å². The van der Waals surface area contributed by atoms with Crippen LogP contribution in [0.3, 0.4) is 0 Å². The zero-order valence-electron chi connectivity index (χ0n) is 10.6. The molecule has 2 aromatic rings. The summed E-state index contributed by atoms with van der Waals surface area (Å²) in [6, 6.07) is 5.47. The van der Waals surface area contributed by atoms with E-state index in [1.807, 2.05) is 30.8 Å². The SMILES string of the molecule is Cc1cc(Br)c2oc(N3CCSCC3)cc(=O)c2c1. The molecular formula is C14H14BrNO2S. The lowest BCUT2D eigenvalue weighted by atomic mass is 10.1. The summed E-state index contributed by atoms with van der Waals surface area (Å²) in [4.78, 5) is 14.4. The van der Waals surface area contributed by atoms with Crippen molar-refractivity contribution in [3.63, 3.8) is 0 Å². The van der Waals surface area contributed by atoms with Crippen LogP contribution in [0.15, 0.2) is 31.9 Å². The Kier molecular flexibility index (Phi) is 3.58. The molecule has 3 rings (SSSR count). The van der Waals surface area contributed by atoms with E-state index in [4.69, 9.17) is 4.42 Å². The van der Waals surface area contributed by atoms with Crippen LogP contribution < -0.4 is 10.3 Å². The Labute approximate surface area is 124 Å². The average molecular weight is 340 g/mol. The topological polar surface area (TPSA) is 33.5 Å². The number of anilines is 1. The molecule has 1 aromatic heterocycles. The Morgan fingerprint density at radius 1 is 1.26 bits per heavy atom. The van der Waals surface area contributed by atoms with Crippen LogP contribution in [0.5, 0.6) is 0 Å².